The summed E-state index contributed by atoms with van der Waals surface area (Å²) < 4.78 is 10.4. The second kappa shape index (κ2) is 10.0. The van der Waals surface area contributed by atoms with E-state index in [0.717, 1.165) is 11.3 Å². The van der Waals surface area contributed by atoms with Gasteiger partial charge in [0.15, 0.2) is 5.78 Å². The summed E-state index contributed by atoms with van der Waals surface area (Å²) in [5, 5.41) is 14.7. The number of hydrogen-bond donors (Lipinski definition) is 1. The van der Waals surface area contributed by atoms with Gasteiger partial charge in [-0.2, -0.15) is 0 Å². The molecule has 1 N–H and O–H groups in total. The molecule has 4 rings (SSSR count). The second-order valence-corrected chi connectivity index (χ2v) is 8.41. The summed E-state index contributed by atoms with van der Waals surface area (Å²) in [5.41, 5.74) is 3.54. The lowest BCUT2D eigenvalue weighted by molar-refractivity contribution is -0.384. The van der Waals surface area contributed by atoms with Crippen LogP contribution >= 0.6 is 0 Å². The molecular formula is C26H26N2O6. The highest BCUT2D eigenvalue weighted by Crippen LogP contribution is 2.46. The standard InChI is InChI=1S/C26H26N2O6/c1-16-23(26(30)34-12-11-33-2)24(18-9-6-10-20(13-18)28(31)32)25-21(27-16)14-19(15-22(25)29)17-7-4-3-5-8-17/h3-10,13,19,24,27H,11-12,14-15H2,1-2H3/t19-,24+/m0/s1. The van der Waals surface area contributed by atoms with Crippen molar-refractivity contribution in [1.82, 2.24) is 5.32 Å². The molecular weight excluding hydrogens is 436 g/mol. The molecule has 0 unspecified atom stereocenters. The average Bonchev–Trinajstić information content (AvgIpc) is 2.83. The van der Waals surface area contributed by atoms with Gasteiger partial charge in [-0.25, -0.2) is 4.79 Å². The van der Waals surface area contributed by atoms with Crippen LogP contribution in [0.3, 0.4) is 0 Å². The van der Waals surface area contributed by atoms with Crippen molar-refractivity contribution in [3.8, 4) is 0 Å². The number of dihydropyridines is 1. The normalized spacial score (nSPS) is 20.0. The van der Waals surface area contributed by atoms with Crippen molar-refractivity contribution in [2.75, 3.05) is 20.3 Å². The maximum atomic E-state index is 13.5. The molecule has 0 bridgehead atoms. The van der Waals surface area contributed by atoms with Crippen LogP contribution in [-0.4, -0.2) is 37.0 Å². The fourth-order valence-corrected chi connectivity index (χ4v) is 4.72. The quantitative estimate of drug-likeness (QED) is 0.285. The van der Waals surface area contributed by atoms with Crippen molar-refractivity contribution in [1.29, 1.82) is 0 Å². The number of nitro benzene ring substituents is 1. The summed E-state index contributed by atoms with van der Waals surface area (Å²) in [6, 6.07) is 15.9. The van der Waals surface area contributed by atoms with Crippen LogP contribution in [0.2, 0.25) is 0 Å². The Hall–Kier alpha value is -3.78. The molecule has 0 spiro atoms. The number of non-ortho nitro benzene ring substituents is 1. The smallest absolute Gasteiger partial charge is 0.336 e. The van der Waals surface area contributed by atoms with Crippen LogP contribution in [0.4, 0.5) is 5.69 Å². The number of methoxy groups -OCH3 is 1. The summed E-state index contributed by atoms with van der Waals surface area (Å²) in [6.07, 6.45) is 0.890. The van der Waals surface area contributed by atoms with Crippen LogP contribution in [0.5, 0.6) is 0 Å². The van der Waals surface area contributed by atoms with Gasteiger partial charge in [0.05, 0.1) is 17.1 Å². The van der Waals surface area contributed by atoms with Crippen molar-refractivity contribution < 1.29 is 24.0 Å². The van der Waals surface area contributed by atoms with E-state index in [4.69, 9.17) is 9.47 Å². The Morgan fingerprint density at radius 2 is 1.82 bits per heavy atom. The van der Waals surface area contributed by atoms with Gasteiger partial charge in [-0.1, -0.05) is 42.5 Å². The molecule has 2 atom stereocenters. The highest BCUT2D eigenvalue weighted by atomic mass is 16.6. The van der Waals surface area contributed by atoms with E-state index in [2.05, 4.69) is 5.32 Å². The SMILES string of the molecule is COCCOC(=O)C1=C(C)NC2=C(C(=O)C[C@@H](c3ccccc3)C2)[C@@H]1c1cccc([N+](=O)[O-])c1. The van der Waals surface area contributed by atoms with Gasteiger partial charge in [-0.3, -0.25) is 14.9 Å². The summed E-state index contributed by atoms with van der Waals surface area (Å²) in [5.74, 6) is -1.42. The minimum atomic E-state index is -0.754. The monoisotopic (exact) mass is 462 g/mol. The molecule has 0 radical (unpaired) electrons. The number of allylic oxidation sites excluding steroid dienone is 3. The fourth-order valence-electron chi connectivity index (χ4n) is 4.72. The Labute approximate surface area is 197 Å². The van der Waals surface area contributed by atoms with Crippen LogP contribution < -0.4 is 5.32 Å². The Morgan fingerprint density at radius 3 is 2.53 bits per heavy atom. The van der Waals surface area contributed by atoms with Gasteiger partial charge < -0.3 is 14.8 Å². The van der Waals surface area contributed by atoms with E-state index in [1.807, 2.05) is 30.3 Å². The predicted octanol–water partition coefficient (Wildman–Crippen LogP) is 4.15. The number of benzene rings is 2. The Bertz CT molecular complexity index is 1180. The van der Waals surface area contributed by atoms with E-state index in [9.17, 15) is 19.7 Å². The molecule has 1 aliphatic carbocycles. The zero-order chi connectivity index (χ0) is 24.2. The number of carbonyl (C=O) groups excluding carboxylic acids is 2. The van der Waals surface area contributed by atoms with Gasteiger partial charge in [0, 0.05) is 48.5 Å². The maximum absolute atomic E-state index is 13.5. The molecule has 8 nitrogen and oxygen atoms in total. The van der Waals surface area contributed by atoms with Crippen molar-refractivity contribution >= 4 is 17.4 Å². The molecule has 2 aromatic carbocycles. The van der Waals surface area contributed by atoms with Gasteiger partial charge in [-0.15, -0.1) is 0 Å². The Morgan fingerprint density at radius 1 is 1.09 bits per heavy atom. The summed E-state index contributed by atoms with van der Waals surface area (Å²) in [4.78, 5) is 37.6. The van der Waals surface area contributed by atoms with Crippen molar-refractivity contribution in [3.63, 3.8) is 0 Å². The van der Waals surface area contributed by atoms with E-state index in [1.54, 1.807) is 19.1 Å². The first-order chi connectivity index (χ1) is 16.4. The highest BCUT2D eigenvalue weighted by molar-refractivity contribution is 6.04. The average molecular weight is 463 g/mol. The first kappa shape index (κ1) is 23.4. The number of Topliss-reactive ketones (excluding diaryl/α,β-unsaturated/α-hetero) is 1. The number of nitro groups is 1. The maximum Gasteiger partial charge on any atom is 0.336 e. The van der Waals surface area contributed by atoms with E-state index in [-0.39, 0.29) is 36.2 Å². The third-order valence-corrected chi connectivity index (χ3v) is 6.25. The van der Waals surface area contributed by atoms with Crippen molar-refractivity contribution in [3.05, 3.63) is 98.4 Å². The first-order valence-electron chi connectivity index (χ1n) is 11.1. The number of ketones is 1. The molecule has 1 aliphatic heterocycles. The van der Waals surface area contributed by atoms with E-state index >= 15 is 0 Å². The molecule has 2 aliphatic rings. The van der Waals surface area contributed by atoms with Crippen molar-refractivity contribution in [2.24, 2.45) is 0 Å². The number of rotatable bonds is 7. The topological polar surface area (TPSA) is 108 Å². The van der Waals surface area contributed by atoms with Gasteiger partial charge >= 0.3 is 5.97 Å². The highest BCUT2D eigenvalue weighted by Gasteiger charge is 2.41. The minimum Gasteiger partial charge on any atom is -0.460 e. The van der Waals surface area contributed by atoms with Crippen molar-refractivity contribution in [2.45, 2.75) is 31.6 Å². The molecule has 2 aromatic rings. The van der Waals surface area contributed by atoms with Crippen LogP contribution in [0.25, 0.3) is 0 Å². The summed E-state index contributed by atoms with van der Waals surface area (Å²) >= 11 is 0. The zero-order valence-corrected chi connectivity index (χ0v) is 19.1. The number of carbonyl (C=O) groups is 2. The fraction of sp³-hybridized carbons (Fsp3) is 0.308. The lowest BCUT2D eigenvalue weighted by atomic mass is 9.71. The number of nitrogens with one attached hydrogen (secondary N) is 1. The van der Waals surface area contributed by atoms with Gasteiger partial charge in [0.25, 0.3) is 5.69 Å². The lowest BCUT2D eigenvalue weighted by Gasteiger charge is -2.36. The second-order valence-electron chi connectivity index (χ2n) is 8.41. The number of esters is 1. The van der Waals surface area contributed by atoms with Gasteiger partial charge in [0.2, 0.25) is 0 Å². The van der Waals surface area contributed by atoms with Crippen LogP contribution in [0.1, 0.15) is 42.7 Å². The molecule has 1 heterocycles. The molecule has 0 fully saturated rings. The Balaban J connectivity index is 1.78. The van der Waals surface area contributed by atoms with Crippen LogP contribution in [0.15, 0.2) is 77.1 Å². The molecule has 8 heteroatoms. The molecule has 0 saturated carbocycles. The number of nitrogens with zero attached hydrogens (tertiary/aromatic N) is 1. The van der Waals surface area contributed by atoms with Crippen LogP contribution in [-0.2, 0) is 19.1 Å². The van der Waals surface area contributed by atoms with E-state index in [1.165, 1.54) is 19.2 Å². The van der Waals surface area contributed by atoms with E-state index < -0.39 is 16.8 Å². The number of ether oxygens (including phenoxy) is 2. The molecule has 0 aromatic heterocycles. The van der Waals surface area contributed by atoms with E-state index in [0.29, 0.717) is 29.7 Å². The zero-order valence-electron chi connectivity index (χ0n) is 19.1. The summed E-state index contributed by atoms with van der Waals surface area (Å²) in [7, 11) is 1.51. The van der Waals surface area contributed by atoms with Gasteiger partial charge in [-0.05, 0) is 30.4 Å². The molecule has 0 amide bonds. The number of hydrogen-bond acceptors (Lipinski definition) is 7. The Kier molecular flexibility index (Phi) is 6.88. The van der Waals surface area contributed by atoms with Crippen LogP contribution in [0, 0.1) is 10.1 Å². The molecule has 0 saturated heterocycles. The lowest BCUT2D eigenvalue weighted by Crippen LogP contribution is -2.36. The minimum absolute atomic E-state index is 0.00807. The third-order valence-electron chi connectivity index (χ3n) is 6.25. The third kappa shape index (κ3) is 4.63. The first-order valence-corrected chi connectivity index (χ1v) is 11.1. The predicted molar refractivity (Wildman–Crippen MR) is 125 cm³/mol. The van der Waals surface area contributed by atoms with Gasteiger partial charge in [0.1, 0.15) is 6.61 Å². The molecule has 34 heavy (non-hydrogen) atoms. The summed E-state index contributed by atoms with van der Waals surface area (Å²) in [6.45, 7) is 2.06. The largest absolute Gasteiger partial charge is 0.460 e. The molecule has 176 valence electrons.